The Bertz CT molecular complexity index is 846. The van der Waals surface area contributed by atoms with Crippen LogP contribution in [0.25, 0.3) is 0 Å². The number of methoxy groups -OCH3 is 3. The van der Waals surface area contributed by atoms with Crippen molar-refractivity contribution < 1.29 is 19.0 Å². The van der Waals surface area contributed by atoms with E-state index in [0.717, 1.165) is 44.0 Å². The summed E-state index contributed by atoms with van der Waals surface area (Å²) < 4.78 is 16.4. The van der Waals surface area contributed by atoms with Gasteiger partial charge in [-0.25, -0.2) is 0 Å². The molecule has 0 aromatic heterocycles. The molecule has 0 spiro atoms. The third-order valence-corrected chi connectivity index (χ3v) is 5.35. The lowest BCUT2D eigenvalue weighted by molar-refractivity contribution is -0.117. The van der Waals surface area contributed by atoms with Gasteiger partial charge in [0.25, 0.3) is 0 Å². The van der Waals surface area contributed by atoms with E-state index in [1.807, 2.05) is 43.3 Å². The molecule has 2 aromatic rings. The highest BCUT2D eigenvalue weighted by atomic mass is 16.5. The van der Waals surface area contributed by atoms with Gasteiger partial charge in [-0.1, -0.05) is 23.8 Å². The van der Waals surface area contributed by atoms with Crippen LogP contribution in [0.15, 0.2) is 36.4 Å². The molecule has 0 saturated carbocycles. The van der Waals surface area contributed by atoms with E-state index in [1.165, 1.54) is 5.56 Å². The van der Waals surface area contributed by atoms with Crippen molar-refractivity contribution in [1.82, 2.24) is 9.80 Å². The number of hydrogen-bond donors (Lipinski definition) is 1. The number of benzene rings is 2. The lowest BCUT2D eigenvalue weighted by Gasteiger charge is -2.34. The van der Waals surface area contributed by atoms with Crippen LogP contribution in [-0.2, 0) is 11.3 Å². The fraction of sp³-hybridized carbons (Fsp3) is 0.435. The van der Waals surface area contributed by atoms with Crippen LogP contribution in [0.2, 0.25) is 0 Å². The second kappa shape index (κ2) is 10.3. The number of ether oxygens (including phenoxy) is 3. The minimum Gasteiger partial charge on any atom is -0.493 e. The van der Waals surface area contributed by atoms with E-state index < -0.39 is 0 Å². The average molecular weight is 414 g/mol. The molecule has 1 heterocycles. The third kappa shape index (κ3) is 5.43. The molecule has 1 aliphatic heterocycles. The normalized spacial score (nSPS) is 14.9. The van der Waals surface area contributed by atoms with Crippen molar-refractivity contribution in [3.63, 3.8) is 0 Å². The summed E-state index contributed by atoms with van der Waals surface area (Å²) in [7, 11) is 4.88. The van der Waals surface area contributed by atoms with Gasteiger partial charge in [0, 0.05) is 44.0 Å². The van der Waals surface area contributed by atoms with E-state index in [9.17, 15) is 4.79 Å². The molecule has 3 rings (SSSR count). The highest BCUT2D eigenvalue weighted by Crippen LogP contribution is 2.40. The molecule has 7 heteroatoms. The molecule has 162 valence electrons. The van der Waals surface area contributed by atoms with Gasteiger partial charge in [-0.3, -0.25) is 14.6 Å². The van der Waals surface area contributed by atoms with Gasteiger partial charge < -0.3 is 19.5 Å². The first-order valence-corrected chi connectivity index (χ1v) is 10.1. The molecule has 0 aliphatic carbocycles. The predicted molar refractivity (Wildman–Crippen MR) is 118 cm³/mol. The molecule has 30 heavy (non-hydrogen) atoms. The molecule has 0 bridgehead atoms. The number of rotatable bonds is 8. The summed E-state index contributed by atoms with van der Waals surface area (Å²) in [6, 6.07) is 11.8. The molecule has 1 fully saturated rings. The Kier molecular flexibility index (Phi) is 7.54. The van der Waals surface area contributed by atoms with Gasteiger partial charge in [-0.15, -0.1) is 0 Å². The molecule has 2 aromatic carbocycles. The first-order valence-electron chi connectivity index (χ1n) is 10.1. The molecular weight excluding hydrogens is 382 g/mol. The first kappa shape index (κ1) is 21.9. The summed E-state index contributed by atoms with van der Waals surface area (Å²) in [5.41, 5.74) is 3.07. The minimum atomic E-state index is 0.0221. The summed E-state index contributed by atoms with van der Waals surface area (Å²) in [5.74, 6) is 2.00. The number of nitrogens with zero attached hydrogens (tertiary/aromatic N) is 2. The zero-order valence-corrected chi connectivity index (χ0v) is 18.2. The lowest BCUT2D eigenvalue weighted by atomic mass is 10.1. The Labute approximate surface area is 178 Å². The highest BCUT2D eigenvalue weighted by molar-refractivity contribution is 5.92. The van der Waals surface area contributed by atoms with Crippen molar-refractivity contribution in [2.75, 3.05) is 59.4 Å². The standard InChI is InChI=1S/C23H31N3O4/c1-17-5-8-19(9-6-17)24-21(27)16-26-13-11-25(12-14-26)15-18-7-10-20(28-2)23(30-4)22(18)29-3/h5-10H,11-16H2,1-4H3,(H,24,27). The van der Waals surface area contributed by atoms with Gasteiger partial charge in [-0.05, 0) is 25.1 Å². The smallest absolute Gasteiger partial charge is 0.238 e. The van der Waals surface area contributed by atoms with Crippen LogP contribution in [0.5, 0.6) is 17.2 Å². The maximum absolute atomic E-state index is 12.3. The number of aryl methyl sites for hydroxylation is 1. The Hall–Kier alpha value is -2.77. The molecule has 0 atom stereocenters. The zero-order chi connectivity index (χ0) is 21.5. The van der Waals surface area contributed by atoms with Gasteiger partial charge in [0.1, 0.15) is 0 Å². The van der Waals surface area contributed by atoms with E-state index >= 15 is 0 Å². The molecule has 1 N–H and O–H groups in total. The van der Waals surface area contributed by atoms with Gasteiger partial charge in [0.2, 0.25) is 11.7 Å². The molecular formula is C23H31N3O4. The van der Waals surface area contributed by atoms with Crippen LogP contribution < -0.4 is 19.5 Å². The highest BCUT2D eigenvalue weighted by Gasteiger charge is 2.22. The molecule has 1 amide bonds. The van der Waals surface area contributed by atoms with Gasteiger partial charge in [0.15, 0.2) is 11.5 Å². The van der Waals surface area contributed by atoms with Crippen molar-refractivity contribution >= 4 is 11.6 Å². The number of hydrogen-bond acceptors (Lipinski definition) is 6. The van der Waals surface area contributed by atoms with Crippen molar-refractivity contribution in [3.05, 3.63) is 47.5 Å². The van der Waals surface area contributed by atoms with Crippen LogP contribution in [0.4, 0.5) is 5.69 Å². The lowest BCUT2D eigenvalue weighted by Crippen LogP contribution is -2.48. The Morgan fingerprint density at radius 1 is 0.867 bits per heavy atom. The summed E-state index contributed by atoms with van der Waals surface area (Å²) in [5, 5.41) is 2.97. The van der Waals surface area contributed by atoms with Crippen LogP contribution in [0.1, 0.15) is 11.1 Å². The van der Waals surface area contributed by atoms with Crippen molar-refractivity contribution in [1.29, 1.82) is 0 Å². The summed E-state index contributed by atoms with van der Waals surface area (Å²) in [4.78, 5) is 16.9. The third-order valence-electron chi connectivity index (χ3n) is 5.35. The number of amides is 1. The topological polar surface area (TPSA) is 63.3 Å². The molecule has 0 unspecified atom stereocenters. The minimum absolute atomic E-state index is 0.0221. The maximum atomic E-state index is 12.3. The number of carbonyl (C=O) groups excluding carboxylic acids is 1. The Morgan fingerprint density at radius 2 is 1.50 bits per heavy atom. The Balaban J connectivity index is 1.52. The van der Waals surface area contributed by atoms with Crippen LogP contribution in [0.3, 0.4) is 0 Å². The largest absolute Gasteiger partial charge is 0.493 e. The van der Waals surface area contributed by atoms with E-state index in [0.29, 0.717) is 23.8 Å². The van der Waals surface area contributed by atoms with Gasteiger partial charge >= 0.3 is 0 Å². The number of piperazine rings is 1. The van der Waals surface area contributed by atoms with Crippen LogP contribution in [-0.4, -0.2) is 69.8 Å². The number of anilines is 1. The van der Waals surface area contributed by atoms with E-state index in [-0.39, 0.29) is 5.91 Å². The van der Waals surface area contributed by atoms with Crippen molar-refractivity contribution in [2.24, 2.45) is 0 Å². The quantitative estimate of drug-likeness (QED) is 0.718. The van der Waals surface area contributed by atoms with Gasteiger partial charge in [0.05, 0.1) is 27.9 Å². The van der Waals surface area contributed by atoms with Crippen LogP contribution in [0, 0.1) is 6.92 Å². The maximum Gasteiger partial charge on any atom is 0.238 e. The monoisotopic (exact) mass is 413 g/mol. The summed E-state index contributed by atoms with van der Waals surface area (Å²) in [6.45, 7) is 6.65. The molecule has 1 saturated heterocycles. The summed E-state index contributed by atoms with van der Waals surface area (Å²) in [6.07, 6.45) is 0. The van der Waals surface area contributed by atoms with Gasteiger partial charge in [-0.2, -0.15) is 0 Å². The van der Waals surface area contributed by atoms with Crippen LogP contribution >= 0.6 is 0 Å². The first-order chi connectivity index (χ1) is 14.5. The number of nitrogens with one attached hydrogen (secondary N) is 1. The Morgan fingerprint density at radius 3 is 2.10 bits per heavy atom. The average Bonchev–Trinajstić information content (AvgIpc) is 2.76. The second-order valence-corrected chi connectivity index (χ2v) is 7.46. The molecule has 1 aliphatic rings. The SMILES string of the molecule is COc1ccc(CN2CCN(CC(=O)Nc3ccc(C)cc3)CC2)c(OC)c1OC. The predicted octanol–water partition coefficient (Wildman–Crippen LogP) is 2.78. The van der Waals surface area contributed by atoms with E-state index in [2.05, 4.69) is 15.1 Å². The molecule has 7 nitrogen and oxygen atoms in total. The second-order valence-electron chi connectivity index (χ2n) is 7.46. The fourth-order valence-corrected chi connectivity index (χ4v) is 3.67. The number of carbonyl (C=O) groups is 1. The molecule has 0 radical (unpaired) electrons. The van der Waals surface area contributed by atoms with E-state index in [1.54, 1.807) is 21.3 Å². The zero-order valence-electron chi connectivity index (χ0n) is 18.2. The van der Waals surface area contributed by atoms with E-state index in [4.69, 9.17) is 14.2 Å². The summed E-state index contributed by atoms with van der Waals surface area (Å²) >= 11 is 0. The fourth-order valence-electron chi connectivity index (χ4n) is 3.67. The van der Waals surface area contributed by atoms with Crippen molar-refractivity contribution in [2.45, 2.75) is 13.5 Å². The van der Waals surface area contributed by atoms with Crippen molar-refractivity contribution in [3.8, 4) is 17.2 Å².